The van der Waals surface area contributed by atoms with E-state index >= 15 is 0 Å². The maximum absolute atomic E-state index is 11.9. The highest BCUT2D eigenvalue weighted by molar-refractivity contribution is 5.92. The van der Waals surface area contributed by atoms with Crippen LogP contribution < -0.4 is 10.1 Å². The molecule has 0 spiro atoms. The fourth-order valence-electron chi connectivity index (χ4n) is 2.16. The van der Waals surface area contributed by atoms with Gasteiger partial charge in [0.1, 0.15) is 5.75 Å². The Kier molecular flexibility index (Phi) is 4.51. The smallest absolute Gasteiger partial charge is 0.262 e. The summed E-state index contributed by atoms with van der Waals surface area (Å²) in [6, 6.07) is 14.9. The van der Waals surface area contributed by atoms with E-state index in [1.54, 1.807) is 23.9 Å². The van der Waals surface area contributed by atoms with Gasteiger partial charge in [0.2, 0.25) is 0 Å². The average Bonchev–Trinajstić information content (AvgIpc) is 3.01. The largest absolute Gasteiger partial charge is 0.484 e. The fourth-order valence-corrected chi connectivity index (χ4v) is 2.16. The van der Waals surface area contributed by atoms with Crippen LogP contribution in [0.1, 0.15) is 5.56 Å². The summed E-state index contributed by atoms with van der Waals surface area (Å²) >= 11 is 0. The first kappa shape index (κ1) is 15.7. The lowest BCUT2D eigenvalue weighted by molar-refractivity contribution is -0.118. The van der Waals surface area contributed by atoms with E-state index in [-0.39, 0.29) is 12.5 Å². The second kappa shape index (κ2) is 6.91. The van der Waals surface area contributed by atoms with Crippen LogP contribution in [0.5, 0.6) is 5.75 Å². The first-order chi connectivity index (χ1) is 11.6. The summed E-state index contributed by atoms with van der Waals surface area (Å²) in [5, 5.41) is 14.1. The van der Waals surface area contributed by atoms with Gasteiger partial charge in [-0.25, -0.2) is 4.68 Å². The van der Waals surface area contributed by atoms with Crippen molar-refractivity contribution in [1.29, 1.82) is 0 Å². The number of rotatable bonds is 5. The molecule has 1 heterocycles. The van der Waals surface area contributed by atoms with Gasteiger partial charge < -0.3 is 10.1 Å². The van der Waals surface area contributed by atoms with Crippen molar-refractivity contribution >= 4 is 11.6 Å². The molecule has 7 nitrogen and oxygen atoms in total. The number of aromatic nitrogens is 4. The van der Waals surface area contributed by atoms with Gasteiger partial charge in [0.25, 0.3) is 5.91 Å². The number of carbonyl (C=O) groups is 1. The highest BCUT2D eigenvalue weighted by Gasteiger charge is 2.07. The Labute approximate surface area is 139 Å². The second-order valence-electron chi connectivity index (χ2n) is 5.35. The molecule has 0 unspecified atom stereocenters. The second-order valence-corrected chi connectivity index (χ2v) is 5.35. The van der Waals surface area contributed by atoms with Crippen LogP contribution >= 0.6 is 0 Å². The Morgan fingerprint density at radius 2 is 1.83 bits per heavy atom. The van der Waals surface area contributed by atoms with Crippen LogP contribution in [-0.2, 0) is 11.8 Å². The van der Waals surface area contributed by atoms with E-state index in [0.717, 1.165) is 11.1 Å². The number of amides is 1. The number of carbonyl (C=O) groups excluding carboxylic acids is 1. The van der Waals surface area contributed by atoms with Gasteiger partial charge in [-0.3, -0.25) is 4.79 Å². The molecule has 3 rings (SSSR count). The zero-order valence-corrected chi connectivity index (χ0v) is 13.4. The molecule has 0 radical (unpaired) electrons. The van der Waals surface area contributed by atoms with Crippen LogP contribution in [0, 0.1) is 6.92 Å². The third-order valence-corrected chi connectivity index (χ3v) is 3.44. The van der Waals surface area contributed by atoms with Gasteiger partial charge in [0.15, 0.2) is 12.4 Å². The molecule has 0 bridgehead atoms. The van der Waals surface area contributed by atoms with Crippen LogP contribution in [0.15, 0.2) is 48.5 Å². The average molecular weight is 323 g/mol. The number of aryl methyl sites for hydroxylation is 2. The zero-order chi connectivity index (χ0) is 16.9. The number of nitrogens with zero attached hydrogens (tertiary/aromatic N) is 4. The Hall–Kier alpha value is -3.22. The van der Waals surface area contributed by atoms with E-state index in [0.29, 0.717) is 17.3 Å². The molecule has 0 saturated carbocycles. The van der Waals surface area contributed by atoms with Crippen molar-refractivity contribution in [3.63, 3.8) is 0 Å². The van der Waals surface area contributed by atoms with Crippen molar-refractivity contribution in [3.05, 3.63) is 54.1 Å². The van der Waals surface area contributed by atoms with Crippen LogP contribution in [0.3, 0.4) is 0 Å². The van der Waals surface area contributed by atoms with E-state index in [1.165, 1.54) is 0 Å². The molecule has 0 saturated heterocycles. The van der Waals surface area contributed by atoms with Crippen molar-refractivity contribution in [2.24, 2.45) is 7.05 Å². The lowest BCUT2D eigenvalue weighted by Gasteiger charge is -2.08. The minimum absolute atomic E-state index is 0.0436. The Bertz CT molecular complexity index is 825. The van der Waals surface area contributed by atoms with Crippen molar-refractivity contribution in [2.75, 3.05) is 11.9 Å². The lowest BCUT2D eigenvalue weighted by atomic mass is 10.2. The van der Waals surface area contributed by atoms with Crippen molar-refractivity contribution in [1.82, 2.24) is 20.2 Å². The van der Waals surface area contributed by atoms with E-state index in [9.17, 15) is 4.79 Å². The van der Waals surface area contributed by atoms with Gasteiger partial charge in [-0.1, -0.05) is 17.7 Å². The van der Waals surface area contributed by atoms with Crippen molar-refractivity contribution in [3.8, 4) is 17.1 Å². The minimum atomic E-state index is -0.219. The molecular weight excluding hydrogens is 306 g/mol. The predicted molar refractivity (Wildman–Crippen MR) is 89.5 cm³/mol. The minimum Gasteiger partial charge on any atom is -0.484 e. The summed E-state index contributed by atoms with van der Waals surface area (Å²) in [6.07, 6.45) is 0. The molecule has 0 aliphatic rings. The molecule has 0 aliphatic heterocycles. The SMILES string of the molecule is Cc1ccc(OCC(=O)Nc2ccc(-c3nnnn3C)cc2)cc1. The Morgan fingerprint density at radius 3 is 2.46 bits per heavy atom. The van der Waals surface area contributed by atoms with Crippen LogP contribution in [0.4, 0.5) is 5.69 Å². The van der Waals surface area contributed by atoms with Crippen LogP contribution in [0.2, 0.25) is 0 Å². The number of tetrazole rings is 1. The number of ether oxygens (including phenoxy) is 1. The molecule has 1 aromatic heterocycles. The Balaban J connectivity index is 1.56. The third kappa shape index (κ3) is 3.75. The third-order valence-electron chi connectivity index (χ3n) is 3.44. The lowest BCUT2D eigenvalue weighted by Crippen LogP contribution is -2.20. The summed E-state index contributed by atoms with van der Waals surface area (Å²) in [6.45, 7) is 1.95. The first-order valence-electron chi connectivity index (χ1n) is 7.44. The van der Waals surface area contributed by atoms with Crippen LogP contribution in [-0.4, -0.2) is 32.7 Å². The maximum atomic E-state index is 11.9. The van der Waals surface area contributed by atoms with E-state index < -0.39 is 0 Å². The maximum Gasteiger partial charge on any atom is 0.262 e. The summed E-state index contributed by atoms with van der Waals surface area (Å²) in [7, 11) is 1.77. The summed E-state index contributed by atoms with van der Waals surface area (Å²) in [5.41, 5.74) is 2.70. The topological polar surface area (TPSA) is 81.9 Å². The number of anilines is 1. The van der Waals surface area contributed by atoms with Gasteiger partial charge in [-0.15, -0.1) is 5.10 Å². The quantitative estimate of drug-likeness (QED) is 0.778. The molecule has 2 aromatic carbocycles. The molecule has 7 heteroatoms. The van der Waals surface area contributed by atoms with Crippen molar-refractivity contribution in [2.45, 2.75) is 6.92 Å². The van der Waals surface area contributed by atoms with Crippen molar-refractivity contribution < 1.29 is 9.53 Å². The summed E-state index contributed by atoms with van der Waals surface area (Å²) in [4.78, 5) is 11.9. The highest BCUT2D eigenvalue weighted by atomic mass is 16.5. The molecule has 0 atom stereocenters. The summed E-state index contributed by atoms with van der Waals surface area (Å²) < 4.78 is 7.04. The van der Waals surface area contributed by atoms with Crippen LogP contribution in [0.25, 0.3) is 11.4 Å². The van der Waals surface area contributed by atoms with Gasteiger partial charge in [-0.2, -0.15) is 0 Å². The highest BCUT2D eigenvalue weighted by Crippen LogP contribution is 2.18. The van der Waals surface area contributed by atoms with E-state index in [1.807, 2.05) is 43.3 Å². The molecule has 3 aromatic rings. The zero-order valence-electron chi connectivity index (χ0n) is 13.4. The molecule has 24 heavy (non-hydrogen) atoms. The van der Waals surface area contributed by atoms with E-state index in [4.69, 9.17) is 4.74 Å². The molecule has 1 N–H and O–H groups in total. The molecular formula is C17H17N5O2. The fraction of sp³-hybridized carbons (Fsp3) is 0.176. The first-order valence-corrected chi connectivity index (χ1v) is 7.44. The number of hydrogen-bond donors (Lipinski definition) is 1. The monoisotopic (exact) mass is 323 g/mol. The molecule has 0 fully saturated rings. The van der Waals surface area contributed by atoms with Gasteiger partial charge in [0, 0.05) is 18.3 Å². The Morgan fingerprint density at radius 1 is 1.12 bits per heavy atom. The number of benzene rings is 2. The number of nitrogens with one attached hydrogen (secondary N) is 1. The van der Waals surface area contributed by atoms with Gasteiger partial charge in [-0.05, 0) is 53.7 Å². The standard InChI is InChI=1S/C17H17N5O2/c1-12-3-9-15(10-4-12)24-11-16(23)18-14-7-5-13(6-8-14)17-19-20-21-22(17)2/h3-10H,11H2,1-2H3,(H,18,23). The van der Waals surface area contributed by atoms with E-state index in [2.05, 4.69) is 20.8 Å². The molecule has 0 aliphatic carbocycles. The number of hydrogen-bond acceptors (Lipinski definition) is 5. The van der Waals surface area contributed by atoms with Gasteiger partial charge >= 0.3 is 0 Å². The molecule has 1 amide bonds. The molecule has 122 valence electrons. The normalized spacial score (nSPS) is 10.4. The summed E-state index contributed by atoms with van der Waals surface area (Å²) in [5.74, 6) is 1.11. The van der Waals surface area contributed by atoms with Gasteiger partial charge in [0.05, 0.1) is 0 Å². The predicted octanol–water partition coefficient (Wildman–Crippen LogP) is 2.20.